The topological polar surface area (TPSA) is 12.5 Å². The minimum Gasteiger partial charge on any atom is -0.484 e. The molecule has 1 unspecified atom stereocenters. The first-order chi connectivity index (χ1) is 10.8. The van der Waals surface area contributed by atoms with Gasteiger partial charge in [-0.2, -0.15) is 0 Å². The summed E-state index contributed by atoms with van der Waals surface area (Å²) in [6, 6.07) is 27.1. The summed E-state index contributed by atoms with van der Waals surface area (Å²) >= 11 is 0. The summed E-state index contributed by atoms with van der Waals surface area (Å²) in [5.41, 5.74) is 4.58. The molecule has 4 rings (SSSR count). The van der Waals surface area contributed by atoms with Crippen LogP contribution in [0.15, 0.2) is 78.9 Å². The molecule has 1 atom stereocenters. The first-order valence-electron chi connectivity index (χ1n) is 7.54. The van der Waals surface area contributed by atoms with Gasteiger partial charge in [0.2, 0.25) is 0 Å². The van der Waals surface area contributed by atoms with E-state index in [0.717, 1.165) is 17.1 Å². The Kier molecular flexibility index (Phi) is 3.08. The number of anilines is 3. The zero-order valence-electron chi connectivity index (χ0n) is 12.4. The Balaban J connectivity index is 2.01. The van der Waals surface area contributed by atoms with Crippen LogP contribution < -0.4 is 9.64 Å². The summed E-state index contributed by atoms with van der Waals surface area (Å²) in [4.78, 5) is 2.27. The first kappa shape index (κ1) is 13.0. The van der Waals surface area contributed by atoms with E-state index in [1.54, 1.807) is 0 Å². The summed E-state index contributed by atoms with van der Waals surface area (Å²) in [6.45, 7) is 2.10. The quantitative estimate of drug-likeness (QED) is 0.577. The maximum atomic E-state index is 6.19. The molecule has 0 spiro atoms. The van der Waals surface area contributed by atoms with Gasteiger partial charge >= 0.3 is 0 Å². The number of hydrogen-bond donors (Lipinski definition) is 0. The van der Waals surface area contributed by atoms with Crippen LogP contribution in [0.25, 0.3) is 0 Å². The van der Waals surface area contributed by atoms with Crippen molar-refractivity contribution in [2.24, 2.45) is 0 Å². The number of nitrogens with zero attached hydrogens (tertiary/aromatic N) is 1. The summed E-state index contributed by atoms with van der Waals surface area (Å²) in [6.07, 6.45) is 0.0195. The Labute approximate surface area is 130 Å². The van der Waals surface area contributed by atoms with E-state index in [0.29, 0.717) is 0 Å². The number of benzene rings is 3. The molecule has 1 heterocycles. The fourth-order valence-corrected chi connectivity index (χ4v) is 3.02. The molecule has 0 N–H and O–H groups in total. The van der Waals surface area contributed by atoms with Gasteiger partial charge in [0.1, 0.15) is 11.9 Å². The van der Waals surface area contributed by atoms with Gasteiger partial charge in [0.05, 0.1) is 11.4 Å². The number of rotatable bonds is 1. The highest BCUT2D eigenvalue weighted by atomic mass is 16.5. The minimum atomic E-state index is 0.0195. The highest BCUT2D eigenvalue weighted by Gasteiger charge is 2.25. The summed E-state index contributed by atoms with van der Waals surface area (Å²) in [5.74, 6) is 0.912. The van der Waals surface area contributed by atoms with Crippen molar-refractivity contribution in [3.63, 3.8) is 0 Å². The molecule has 1 aliphatic heterocycles. The Bertz CT molecular complexity index is 798. The Morgan fingerprint density at radius 3 is 2.18 bits per heavy atom. The van der Waals surface area contributed by atoms with E-state index in [1.807, 2.05) is 18.2 Å². The van der Waals surface area contributed by atoms with Gasteiger partial charge in [-0.15, -0.1) is 0 Å². The van der Waals surface area contributed by atoms with Crippen LogP contribution in [0, 0.1) is 0 Å². The van der Waals surface area contributed by atoms with Gasteiger partial charge in [-0.05, 0) is 37.3 Å². The lowest BCUT2D eigenvalue weighted by Crippen LogP contribution is -2.10. The average Bonchev–Trinajstić information content (AvgIpc) is 2.70. The van der Waals surface area contributed by atoms with Crippen molar-refractivity contribution >= 4 is 17.1 Å². The number of para-hydroxylation sites is 4. The second kappa shape index (κ2) is 5.23. The molecular weight excluding hydrogens is 270 g/mol. The van der Waals surface area contributed by atoms with E-state index in [4.69, 9.17) is 4.74 Å². The molecule has 0 saturated carbocycles. The lowest BCUT2D eigenvalue weighted by molar-refractivity contribution is 0.231. The van der Waals surface area contributed by atoms with Crippen LogP contribution in [0.1, 0.15) is 18.6 Å². The molecule has 0 saturated heterocycles. The molecule has 0 bridgehead atoms. The Morgan fingerprint density at radius 2 is 1.36 bits per heavy atom. The molecule has 108 valence electrons. The third-order valence-corrected chi connectivity index (χ3v) is 4.04. The van der Waals surface area contributed by atoms with E-state index < -0.39 is 0 Å². The van der Waals surface area contributed by atoms with Gasteiger partial charge < -0.3 is 9.64 Å². The molecule has 2 heteroatoms. The SMILES string of the molecule is CC1Oc2ccccc2N(c2ccccc2)c2ccccc21. The van der Waals surface area contributed by atoms with Crippen molar-refractivity contribution in [1.82, 2.24) is 0 Å². The van der Waals surface area contributed by atoms with Gasteiger partial charge in [0, 0.05) is 11.3 Å². The molecule has 22 heavy (non-hydrogen) atoms. The van der Waals surface area contributed by atoms with Crippen molar-refractivity contribution in [2.75, 3.05) is 4.90 Å². The fraction of sp³-hybridized carbons (Fsp3) is 0.100. The highest BCUT2D eigenvalue weighted by molar-refractivity contribution is 5.82. The maximum Gasteiger partial charge on any atom is 0.144 e. The van der Waals surface area contributed by atoms with Crippen LogP contribution in [0.4, 0.5) is 17.1 Å². The number of hydrogen-bond acceptors (Lipinski definition) is 2. The molecule has 0 radical (unpaired) electrons. The van der Waals surface area contributed by atoms with Crippen LogP contribution in [-0.2, 0) is 0 Å². The van der Waals surface area contributed by atoms with Crippen molar-refractivity contribution in [3.05, 3.63) is 84.4 Å². The predicted molar refractivity (Wildman–Crippen MR) is 90.2 cm³/mol. The minimum absolute atomic E-state index is 0.0195. The second-order valence-corrected chi connectivity index (χ2v) is 5.46. The molecule has 0 aliphatic carbocycles. The Morgan fingerprint density at radius 1 is 0.727 bits per heavy atom. The summed E-state index contributed by atoms with van der Waals surface area (Å²) in [7, 11) is 0. The van der Waals surface area contributed by atoms with E-state index >= 15 is 0 Å². The van der Waals surface area contributed by atoms with Crippen molar-refractivity contribution < 1.29 is 4.74 Å². The van der Waals surface area contributed by atoms with Crippen molar-refractivity contribution in [3.8, 4) is 5.75 Å². The monoisotopic (exact) mass is 287 g/mol. The fourth-order valence-electron chi connectivity index (χ4n) is 3.02. The van der Waals surface area contributed by atoms with E-state index in [1.165, 1.54) is 11.3 Å². The molecule has 3 aromatic rings. The molecule has 0 fully saturated rings. The molecule has 2 nitrogen and oxygen atoms in total. The molecule has 0 aromatic heterocycles. The van der Waals surface area contributed by atoms with Crippen LogP contribution >= 0.6 is 0 Å². The third-order valence-electron chi connectivity index (χ3n) is 4.04. The molecule has 3 aromatic carbocycles. The van der Waals surface area contributed by atoms with Crippen LogP contribution in [0.5, 0.6) is 5.75 Å². The average molecular weight is 287 g/mol. The largest absolute Gasteiger partial charge is 0.484 e. The smallest absolute Gasteiger partial charge is 0.144 e. The van der Waals surface area contributed by atoms with Crippen LogP contribution in [-0.4, -0.2) is 0 Å². The number of ether oxygens (including phenoxy) is 1. The van der Waals surface area contributed by atoms with E-state index in [-0.39, 0.29) is 6.10 Å². The van der Waals surface area contributed by atoms with Gasteiger partial charge in [0.15, 0.2) is 0 Å². The van der Waals surface area contributed by atoms with E-state index in [2.05, 4.69) is 72.5 Å². The zero-order chi connectivity index (χ0) is 14.9. The van der Waals surface area contributed by atoms with Gasteiger partial charge in [-0.3, -0.25) is 0 Å². The maximum absolute atomic E-state index is 6.19. The first-order valence-corrected chi connectivity index (χ1v) is 7.54. The highest BCUT2D eigenvalue weighted by Crippen LogP contribution is 2.46. The van der Waals surface area contributed by atoms with Crippen LogP contribution in [0.3, 0.4) is 0 Å². The second-order valence-electron chi connectivity index (χ2n) is 5.46. The zero-order valence-corrected chi connectivity index (χ0v) is 12.4. The molecule has 0 amide bonds. The van der Waals surface area contributed by atoms with Crippen LogP contribution in [0.2, 0.25) is 0 Å². The van der Waals surface area contributed by atoms with E-state index in [9.17, 15) is 0 Å². The lowest BCUT2D eigenvalue weighted by atomic mass is 10.1. The molecule has 1 aliphatic rings. The third kappa shape index (κ3) is 2.04. The number of fused-ring (bicyclic) bond motifs is 2. The van der Waals surface area contributed by atoms with Gasteiger partial charge in [-0.1, -0.05) is 48.5 Å². The molecular formula is C20H17NO. The Hall–Kier alpha value is -2.74. The standard InChI is InChI=1S/C20H17NO/c1-15-17-11-5-6-12-18(17)21(16-9-3-2-4-10-16)19-13-7-8-14-20(19)22-15/h2-15H,1H3. The predicted octanol–water partition coefficient (Wildman–Crippen LogP) is 5.61. The van der Waals surface area contributed by atoms with Gasteiger partial charge in [0.25, 0.3) is 0 Å². The summed E-state index contributed by atoms with van der Waals surface area (Å²) in [5, 5.41) is 0. The van der Waals surface area contributed by atoms with Crippen molar-refractivity contribution in [2.45, 2.75) is 13.0 Å². The lowest BCUT2D eigenvalue weighted by Gasteiger charge is -2.25. The van der Waals surface area contributed by atoms with Crippen molar-refractivity contribution in [1.29, 1.82) is 0 Å². The van der Waals surface area contributed by atoms with Gasteiger partial charge in [-0.25, -0.2) is 0 Å². The summed E-state index contributed by atoms with van der Waals surface area (Å²) < 4.78 is 6.19. The normalized spacial score (nSPS) is 16.2.